The van der Waals surface area contributed by atoms with Crippen LogP contribution in [-0.2, 0) is 4.74 Å². The molecule has 0 bridgehead atoms. The first-order valence-corrected chi connectivity index (χ1v) is 5.96. The molecule has 1 heterocycles. The van der Waals surface area contributed by atoms with Gasteiger partial charge in [-0.3, -0.25) is 0 Å². The Bertz CT molecular complexity index is 397. The van der Waals surface area contributed by atoms with Gasteiger partial charge in [0.25, 0.3) is 0 Å². The Morgan fingerprint density at radius 1 is 1.25 bits per heavy atom. The van der Waals surface area contributed by atoms with Crippen molar-refractivity contribution < 1.29 is 4.74 Å². The van der Waals surface area contributed by atoms with Crippen molar-refractivity contribution >= 4 is 23.2 Å². The van der Waals surface area contributed by atoms with Gasteiger partial charge >= 0.3 is 0 Å². The molecule has 1 atom stereocenters. The van der Waals surface area contributed by atoms with Gasteiger partial charge < -0.3 is 10.5 Å². The van der Waals surface area contributed by atoms with Crippen LogP contribution < -0.4 is 5.73 Å². The van der Waals surface area contributed by atoms with E-state index < -0.39 is 0 Å². The molecule has 0 aliphatic carbocycles. The van der Waals surface area contributed by atoms with Gasteiger partial charge in [0.05, 0.1) is 18.9 Å². The molecule has 86 valence electrons. The van der Waals surface area contributed by atoms with E-state index in [1.165, 1.54) is 0 Å². The summed E-state index contributed by atoms with van der Waals surface area (Å²) in [6, 6.07) is 5.13. The van der Waals surface area contributed by atoms with Crippen LogP contribution in [0.1, 0.15) is 24.4 Å². The minimum atomic E-state index is -0.276. The summed E-state index contributed by atoms with van der Waals surface area (Å²) in [6.45, 7) is 0.756. The van der Waals surface area contributed by atoms with Crippen molar-refractivity contribution in [2.75, 3.05) is 6.61 Å². The Morgan fingerprint density at radius 3 is 2.50 bits per heavy atom. The highest BCUT2D eigenvalue weighted by atomic mass is 35.5. The maximum atomic E-state index is 6.15. The zero-order valence-corrected chi connectivity index (χ0v) is 10.3. The number of nitrogens with two attached hydrogens (primary N) is 1. The lowest BCUT2D eigenvalue weighted by atomic mass is 9.96. The number of hydrogen-bond donors (Lipinski definition) is 1. The number of hydrogen-bond acceptors (Lipinski definition) is 2. The SMILES string of the molecule is NC(C1=COCCC1)c1c(Cl)cccc1Cl. The van der Waals surface area contributed by atoms with Gasteiger partial charge in [-0.05, 0) is 30.5 Å². The Labute approximate surface area is 105 Å². The Balaban J connectivity index is 2.33. The molecule has 1 aromatic carbocycles. The number of ether oxygens (including phenoxy) is 1. The molecule has 1 aromatic rings. The molecule has 16 heavy (non-hydrogen) atoms. The molecule has 1 unspecified atom stereocenters. The molecule has 0 fully saturated rings. The number of rotatable bonds is 2. The first-order chi connectivity index (χ1) is 7.70. The molecular formula is C12H13Cl2NO. The van der Waals surface area contributed by atoms with E-state index >= 15 is 0 Å². The number of benzene rings is 1. The molecule has 2 nitrogen and oxygen atoms in total. The summed E-state index contributed by atoms with van der Waals surface area (Å²) in [7, 11) is 0. The normalized spacial score (nSPS) is 17.6. The largest absolute Gasteiger partial charge is 0.501 e. The van der Waals surface area contributed by atoms with Gasteiger partial charge in [-0.25, -0.2) is 0 Å². The maximum Gasteiger partial charge on any atom is 0.0876 e. The molecular weight excluding hydrogens is 245 g/mol. The van der Waals surface area contributed by atoms with Crippen LogP contribution in [0.3, 0.4) is 0 Å². The smallest absolute Gasteiger partial charge is 0.0876 e. The third-order valence-electron chi connectivity index (χ3n) is 2.67. The van der Waals surface area contributed by atoms with Crippen LogP contribution >= 0.6 is 23.2 Å². The van der Waals surface area contributed by atoms with Crippen molar-refractivity contribution in [3.05, 3.63) is 45.6 Å². The van der Waals surface area contributed by atoms with Crippen LogP contribution in [0.5, 0.6) is 0 Å². The lowest BCUT2D eigenvalue weighted by Crippen LogP contribution is -2.17. The minimum absolute atomic E-state index is 0.276. The van der Waals surface area contributed by atoms with Crippen molar-refractivity contribution in [2.45, 2.75) is 18.9 Å². The predicted molar refractivity (Wildman–Crippen MR) is 66.7 cm³/mol. The molecule has 0 aromatic heterocycles. The molecule has 0 radical (unpaired) electrons. The summed E-state index contributed by atoms with van der Waals surface area (Å²) in [5.74, 6) is 0. The maximum absolute atomic E-state index is 6.15. The van der Waals surface area contributed by atoms with Crippen molar-refractivity contribution in [3.63, 3.8) is 0 Å². The Morgan fingerprint density at radius 2 is 1.94 bits per heavy atom. The van der Waals surface area contributed by atoms with Crippen LogP contribution in [0.4, 0.5) is 0 Å². The van der Waals surface area contributed by atoms with Crippen LogP contribution in [0.2, 0.25) is 10.0 Å². The average molecular weight is 258 g/mol. The first-order valence-electron chi connectivity index (χ1n) is 5.20. The van der Waals surface area contributed by atoms with Gasteiger partial charge in [0.15, 0.2) is 0 Å². The van der Waals surface area contributed by atoms with Crippen LogP contribution in [0.15, 0.2) is 30.0 Å². The predicted octanol–water partition coefficient (Wildman–Crippen LogP) is 3.69. The van der Waals surface area contributed by atoms with E-state index in [1.54, 1.807) is 18.4 Å². The average Bonchev–Trinajstić information content (AvgIpc) is 2.30. The third kappa shape index (κ3) is 2.34. The van der Waals surface area contributed by atoms with E-state index in [2.05, 4.69) is 0 Å². The van der Waals surface area contributed by atoms with Crippen LogP contribution in [0, 0.1) is 0 Å². The molecule has 1 aliphatic heterocycles. The quantitative estimate of drug-likeness (QED) is 0.878. The molecule has 2 N–H and O–H groups in total. The van der Waals surface area contributed by atoms with Crippen LogP contribution in [0.25, 0.3) is 0 Å². The van der Waals surface area contributed by atoms with E-state index in [4.69, 9.17) is 33.7 Å². The Hall–Kier alpha value is -0.700. The summed E-state index contributed by atoms with van der Waals surface area (Å²) < 4.78 is 5.28. The first kappa shape index (κ1) is 11.8. The molecule has 1 aliphatic rings. The van der Waals surface area contributed by atoms with Crippen molar-refractivity contribution in [1.29, 1.82) is 0 Å². The van der Waals surface area contributed by atoms with E-state index in [9.17, 15) is 0 Å². The van der Waals surface area contributed by atoms with Crippen molar-refractivity contribution in [1.82, 2.24) is 0 Å². The zero-order chi connectivity index (χ0) is 11.5. The van der Waals surface area contributed by atoms with Crippen molar-refractivity contribution in [2.24, 2.45) is 5.73 Å². The molecule has 2 rings (SSSR count). The van der Waals surface area contributed by atoms with Gasteiger partial charge in [0, 0.05) is 15.6 Å². The second kappa shape index (κ2) is 5.09. The fourth-order valence-electron chi connectivity index (χ4n) is 1.81. The highest BCUT2D eigenvalue weighted by Gasteiger charge is 2.19. The highest BCUT2D eigenvalue weighted by Crippen LogP contribution is 2.34. The van der Waals surface area contributed by atoms with Crippen molar-refractivity contribution in [3.8, 4) is 0 Å². The topological polar surface area (TPSA) is 35.2 Å². The molecule has 4 heteroatoms. The van der Waals surface area contributed by atoms with Gasteiger partial charge in [-0.15, -0.1) is 0 Å². The summed E-state index contributed by atoms with van der Waals surface area (Å²) in [4.78, 5) is 0. The fraction of sp³-hybridized carbons (Fsp3) is 0.333. The van der Waals surface area contributed by atoms with Gasteiger partial charge in [0.2, 0.25) is 0 Å². The zero-order valence-electron chi connectivity index (χ0n) is 8.75. The Kier molecular flexibility index (Phi) is 3.74. The monoisotopic (exact) mass is 257 g/mol. The highest BCUT2D eigenvalue weighted by molar-refractivity contribution is 6.36. The van der Waals surface area contributed by atoms with E-state index in [0.29, 0.717) is 10.0 Å². The van der Waals surface area contributed by atoms with Gasteiger partial charge in [-0.2, -0.15) is 0 Å². The van der Waals surface area contributed by atoms with E-state index in [1.807, 2.05) is 6.07 Å². The number of halogens is 2. The second-order valence-corrected chi connectivity index (χ2v) is 4.59. The van der Waals surface area contributed by atoms with Crippen LogP contribution in [-0.4, -0.2) is 6.61 Å². The molecule has 0 saturated carbocycles. The minimum Gasteiger partial charge on any atom is -0.501 e. The molecule has 0 spiro atoms. The lowest BCUT2D eigenvalue weighted by Gasteiger charge is -2.21. The summed E-state index contributed by atoms with van der Waals surface area (Å²) in [6.07, 6.45) is 3.65. The lowest BCUT2D eigenvalue weighted by molar-refractivity contribution is 0.221. The van der Waals surface area contributed by atoms with Gasteiger partial charge in [0.1, 0.15) is 0 Å². The fourth-order valence-corrected chi connectivity index (χ4v) is 2.44. The molecule has 0 saturated heterocycles. The molecule has 0 amide bonds. The third-order valence-corrected chi connectivity index (χ3v) is 3.33. The summed E-state index contributed by atoms with van der Waals surface area (Å²) >= 11 is 12.2. The standard InChI is InChI=1S/C12H13Cl2NO/c13-9-4-1-5-10(14)11(9)12(15)8-3-2-6-16-7-8/h1,4-5,7,12H,2-3,6,15H2. The summed E-state index contributed by atoms with van der Waals surface area (Å²) in [5, 5.41) is 1.21. The van der Waals surface area contributed by atoms with E-state index in [0.717, 1.165) is 30.6 Å². The van der Waals surface area contributed by atoms with Gasteiger partial charge in [-0.1, -0.05) is 29.3 Å². The van der Waals surface area contributed by atoms with E-state index in [-0.39, 0.29) is 6.04 Å². The second-order valence-electron chi connectivity index (χ2n) is 3.78. The summed E-state index contributed by atoms with van der Waals surface area (Å²) in [5.41, 5.74) is 7.98.